The monoisotopic (exact) mass is 537 g/mol. The summed E-state index contributed by atoms with van der Waals surface area (Å²) in [7, 11) is 5.37. The minimum absolute atomic E-state index is 0.396. The summed E-state index contributed by atoms with van der Waals surface area (Å²) in [6.45, 7) is 5.91. The van der Waals surface area contributed by atoms with Crippen LogP contribution in [-0.2, 0) is 16.1 Å². The molecule has 200 valence electrons. The normalized spacial score (nSPS) is 12.4. The van der Waals surface area contributed by atoms with Crippen LogP contribution in [0.2, 0.25) is 5.02 Å². The number of hydrogen-bond acceptors (Lipinski definition) is 8. The molecule has 4 rings (SSSR count). The third-order valence-electron chi connectivity index (χ3n) is 6.00. The van der Waals surface area contributed by atoms with Crippen molar-refractivity contribution in [1.29, 1.82) is 0 Å². The van der Waals surface area contributed by atoms with Crippen LogP contribution in [-0.4, -0.2) is 57.3 Å². The standard InChI is InChI=1S/C27H32ClN7O3/c1-27(2,3)38-22(26(36)37)20-18(16-7-9-17(28)10-8-16)19-21(29-4)25(31-6)35(24(19)34-23(20)30-5)13-15-11-32-14-33-12-15/h7-12,14,22,29,31H,13H2,1-6H3,(H,30,34)(H,36,37)/t22-/m0/s1. The van der Waals surface area contributed by atoms with E-state index < -0.39 is 17.7 Å². The zero-order valence-electron chi connectivity index (χ0n) is 22.3. The van der Waals surface area contributed by atoms with E-state index in [0.29, 0.717) is 34.2 Å². The highest BCUT2D eigenvalue weighted by Crippen LogP contribution is 2.47. The van der Waals surface area contributed by atoms with Gasteiger partial charge in [0, 0.05) is 55.2 Å². The topological polar surface area (TPSA) is 126 Å². The maximum absolute atomic E-state index is 12.7. The molecule has 3 aromatic heterocycles. The van der Waals surface area contributed by atoms with Crippen LogP contribution in [0, 0.1) is 0 Å². The molecule has 4 N–H and O–H groups in total. The summed E-state index contributed by atoms with van der Waals surface area (Å²) < 4.78 is 8.15. The van der Waals surface area contributed by atoms with Gasteiger partial charge in [0.1, 0.15) is 23.6 Å². The Hall–Kier alpha value is -3.89. The van der Waals surface area contributed by atoms with Crippen molar-refractivity contribution in [2.75, 3.05) is 37.1 Å². The van der Waals surface area contributed by atoms with E-state index in [9.17, 15) is 9.90 Å². The van der Waals surface area contributed by atoms with Crippen LogP contribution >= 0.6 is 11.6 Å². The Labute approximate surface area is 226 Å². The molecule has 10 nitrogen and oxygen atoms in total. The van der Waals surface area contributed by atoms with Gasteiger partial charge in [0.15, 0.2) is 6.10 Å². The number of carboxylic acids is 1. The predicted molar refractivity (Wildman–Crippen MR) is 151 cm³/mol. The number of nitrogens with zero attached hydrogens (tertiary/aromatic N) is 4. The summed E-state index contributed by atoms with van der Waals surface area (Å²) in [6, 6.07) is 7.30. The summed E-state index contributed by atoms with van der Waals surface area (Å²) >= 11 is 6.23. The molecule has 0 aliphatic carbocycles. The molecule has 0 radical (unpaired) electrons. The number of carboxylic acid groups (broad SMARTS) is 1. The van der Waals surface area contributed by atoms with Crippen LogP contribution in [0.3, 0.4) is 0 Å². The van der Waals surface area contributed by atoms with E-state index in [1.54, 1.807) is 31.6 Å². The fourth-order valence-electron chi connectivity index (χ4n) is 4.58. The Bertz CT molecular complexity index is 1450. The third-order valence-corrected chi connectivity index (χ3v) is 6.25. The quantitative estimate of drug-likeness (QED) is 0.226. The summed E-state index contributed by atoms with van der Waals surface area (Å²) in [6.07, 6.45) is 3.69. The first kappa shape index (κ1) is 27.2. The average molecular weight is 538 g/mol. The van der Waals surface area contributed by atoms with Crippen LogP contribution in [0.5, 0.6) is 0 Å². The minimum Gasteiger partial charge on any atom is -0.479 e. The lowest BCUT2D eigenvalue weighted by atomic mass is 9.93. The molecule has 0 saturated carbocycles. The largest absolute Gasteiger partial charge is 0.479 e. The maximum atomic E-state index is 12.7. The van der Waals surface area contributed by atoms with E-state index in [1.165, 1.54) is 6.33 Å². The second-order valence-corrected chi connectivity index (χ2v) is 10.1. The molecule has 1 atom stereocenters. The molecular formula is C27H32ClN7O3. The van der Waals surface area contributed by atoms with Crippen LogP contribution in [0.15, 0.2) is 43.0 Å². The lowest BCUT2D eigenvalue weighted by Crippen LogP contribution is -2.28. The molecule has 0 amide bonds. The van der Waals surface area contributed by atoms with E-state index >= 15 is 0 Å². The summed E-state index contributed by atoms with van der Waals surface area (Å²) in [5.74, 6) is 0.0536. The Morgan fingerprint density at radius 2 is 1.74 bits per heavy atom. The highest BCUT2D eigenvalue weighted by atomic mass is 35.5. The minimum atomic E-state index is -1.30. The van der Waals surface area contributed by atoms with E-state index in [-0.39, 0.29) is 0 Å². The van der Waals surface area contributed by atoms with Gasteiger partial charge >= 0.3 is 5.97 Å². The number of carbonyl (C=O) groups is 1. The van der Waals surface area contributed by atoms with Gasteiger partial charge in [-0.1, -0.05) is 23.7 Å². The number of nitrogens with one attached hydrogen (secondary N) is 3. The number of pyridine rings is 1. The molecule has 38 heavy (non-hydrogen) atoms. The van der Waals surface area contributed by atoms with Gasteiger partial charge in [-0.15, -0.1) is 0 Å². The summed E-state index contributed by atoms with van der Waals surface area (Å²) in [5, 5.41) is 21.4. The molecule has 0 spiro atoms. The molecule has 0 aliphatic heterocycles. The molecule has 1 aromatic carbocycles. The molecule has 0 aliphatic rings. The fraction of sp³-hybridized carbons (Fsp3) is 0.333. The molecule has 0 saturated heterocycles. The number of rotatable bonds is 9. The SMILES string of the molecule is CNc1nc2c(c(NC)c(NC)n2Cc2cncnc2)c(-c2ccc(Cl)cc2)c1[C@H](OC(C)(C)C)C(=O)O. The number of aromatic nitrogens is 4. The Kier molecular flexibility index (Phi) is 7.75. The van der Waals surface area contributed by atoms with E-state index in [2.05, 4.69) is 25.9 Å². The van der Waals surface area contributed by atoms with Crippen LogP contribution in [0.1, 0.15) is 38.0 Å². The number of benzene rings is 1. The van der Waals surface area contributed by atoms with E-state index in [4.69, 9.17) is 21.3 Å². The first-order valence-electron chi connectivity index (χ1n) is 12.1. The molecule has 11 heteroatoms. The second kappa shape index (κ2) is 10.8. The van der Waals surface area contributed by atoms with Crippen molar-refractivity contribution in [3.05, 3.63) is 59.1 Å². The van der Waals surface area contributed by atoms with Crippen LogP contribution < -0.4 is 16.0 Å². The van der Waals surface area contributed by atoms with E-state index in [0.717, 1.165) is 28.0 Å². The number of fused-ring (bicyclic) bond motifs is 1. The van der Waals surface area contributed by atoms with Gasteiger partial charge in [0.2, 0.25) is 0 Å². The van der Waals surface area contributed by atoms with Gasteiger partial charge in [0.25, 0.3) is 0 Å². The van der Waals surface area contributed by atoms with Crippen molar-refractivity contribution >= 4 is 45.9 Å². The summed E-state index contributed by atoms with van der Waals surface area (Å²) in [5.41, 5.74) is 3.42. The number of aliphatic carboxylic acids is 1. The van der Waals surface area contributed by atoms with Crippen molar-refractivity contribution in [3.63, 3.8) is 0 Å². The Morgan fingerprint density at radius 3 is 2.26 bits per heavy atom. The number of anilines is 3. The Morgan fingerprint density at radius 1 is 1.08 bits per heavy atom. The highest BCUT2D eigenvalue weighted by Gasteiger charge is 2.35. The maximum Gasteiger partial charge on any atom is 0.337 e. The van der Waals surface area contributed by atoms with Crippen molar-refractivity contribution in [1.82, 2.24) is 19.5 Å². The molecule has 3 heterocycles. The zero-order valence-corrected chi connectivity index (χ0v) is 23.0. The van der Waals surface area contributed by atoms with Crippen molar-refractivity contribution < 1.29 is 14.6 Å². The highest BCUT2D eigenvalue weighted by molar-refractivity contribution is 6.30. The lowest BCUT2D eigenvalue weighted by molar-refractivity contribution is -0.160. The Balaban J connectivity index is 2.17. The smallest absolute Gasteiger partial charge is 0.337 e. The summed E-state index contributed by atoms with van der Waals surface area (Å²) in [4.78, 5) is 26.0. The van der Waals surface area contributed by atoms with Gasteiger partial charge in [-0.05, 0) is 38.5 Å². The average Bonchev–Trinajstić information content (AvgIpc) is 3.18. The van der Waals surface area contributed by atoms with Gasteiger partial charge in [-0.25, -0.2) is 19.7 Å². The lowest BCUT2D eigenvalue weighted by Gasteiger charge is -2.28. The molecular weight excluding hydrogens is 506 g/mol. The number of halogens is 1. The van der Waals surface area contributed by atoms with Crippen molar-refractivity contribution in [2.24, 2.45) is 0 Å². The van der Waals surface area contributed by atoms with E-state index in [1.807, 2.05) is 51.6 Å². The molecule has 0 fully saturated rings. The van der Waals surface area contributed by atoms with Gasteiger partial charge < -0.3 is 30.4 Å². The fourth-order valence-corrected chi connectivity index (χ4v) is 4.70. The van der Waals surface area contributed by atoms with Gasteiger partial charge in [-0.2, -0.15) is 0 Å². The second-order valence-electron chi connectivity index (χ2n) is 9.71. The predicted octanol–water partition coefficient (Wildman–Crippen LogP) is 5.26. The van der Waals surface area contributed by atoms with Gasteiger partial charge in [0.05, 0.1) is 23.2 Å². The van der Waals surface area contributed by atoms with Gasteiger partial charge in [-0.3, -0.25) is 0 Å². The molecule has 4 aromatic rings. The van der Waals surface area contributed by atoms with Crippen molar-refractivity contribution in [3.8, 4) is 11.1 Å². The number of ether oxygens (including phenoxy) is 1. The van der Waals surface area contributed by atoms with Crippen LogP contribution in [0.25, 0.3) is 22.2 Å². The van der Waals surface area contributed by atoms with Crippen molar-refractivity contribution in [2.45, 2.75) is 39.0 Å². The first-order valence-corrected chi connectivity index (χ1v) is 12.5. The number of hydrogen-bond donors (Lipinski definition) is 4. The molecule has 0 unspecified atom stereocenters. The third kappa shape index (κ3) is 5.23. The van der Waals surface area contributed by atoms with Crippen LogP contribution in [0.4, 0.5) is 17.3 Å². The zero-order chi connectivity index (χ0) is 27.6. The molecule has 0 bridgehead atoms. The first-order chi connectivity index (χ1) is 18.1.